The maximum absolute atomic E-state index is 11.1. The molecule has 2 aromatic rings. The third-order valence-corrected chi connectivity index (χ3v) is 4.59. The van der Waals surface area contributed by atoms with Crippen LogP contribution in [-0.2, 0) is 14.3 Å². The van der Waals surface area contributed by atoms with Crippen molar-refractivity contribution in [3.05, 3.63) is 65.7 Å². The van der Waals surface area contributed by atoms with Crippen LogP contribution in [0.4, 0.5) is 5.69 Å². The first kappa shape index (κ1) is 17.5. The highest BCUT2D eigenvalue weighted by Crippen LogP contribution is 2.29. The van der Waals surface area contributed by atoms with Gasteiger partial charge in [0, 0.05) is 31.6 Å². The first-order valence-electron chi connectivity index (χ1n) is 8.85. The molecule has 1 heterocycles. The molecule has 0 bridgehead atoms. The van der Waals surface area contributed by atoms with Crippen LogP contribution >= 0.6 is 0 Å². The summed E-state index contributed by atoms with van der Waals surface area (Å²) >= 11 is 0. The normalized spacial score (nSPS) is 15.6. The van der Waals surface area contributed by atoms with Gasteiger partial charge in [-0.3, -0.25) is 4.79 Å². The van der Waals surface area contributed by atoms with Crippen molar-refractivity contribution in [2.75, 3.05) is 37.8 Å². The summed E-state index contributed by atoms with van der Waals surface area (Å²) in [6, 6.07) is 19.1. The number of hydrogen-bond donors (Lipinski definition) is 0. The monoisotopic (exact) mass is 339 g/mol. The number of esters is 1. The zero-order valence-electron chi connectivity index (χ0n) is 14.7. The number of benzene rings is 2. The fraction of sp³-hybridized carbons (Fsp3) is 0.381. The van der Waals surface area contributed by atoms with Gasteiger partial charge in [-0.1, -0.05) is 42.5 Å². The van der Waals surface area contributed by atoms with Crippen molar-refractivity contribution in [2.45, 2.75) is 19.3 Å². The number of carbonyl (C=O) groups is 1. The highest BCUT2D eigenvalue weighted by Gasteiger charge is 2.16. The van der Waals surface area contributed by atoms with Crippen LogP contribution in [0.1, 0.15) is 30.4 Å². The van der Waals surface area contributed by atoms with Crippen LogP contribution in [-0.4, -0.2) is 38.9 Å². The van der Waals surface area contributed by atoms with Crippen LogP contribution in [0.15, 0.2) is 54.6 Å². The molecule has 0 N–H and O–H groups in total. The summed E-state index contributed by atoms with van der Waals surface area (Å²) in [7, 11) is 0. The lowest BCUT2D eigenvalue weighted by Gasteiger charge is -2.29. The van der Waals surface area contributed by atoms with E-state index in [-0.39, 0.29) is 11.9 Å². The van der Waals surface area contributed by atoms with Crippen molar-refractivity contribution in [1.82, 2.24) is 0 Å². The fourth-order valence-corrected chi connectivity index (χ4v) is 3.27. The molecule has 0 amide bonds. The highest BCUT2D eigenvalue weighted by atomic mass is 16.5. The molecule has 1 aliphatic heterocycles. The number of anilines is 1. The van der Waals surface area contributed by atoms with Gasteiger partial charge in [0.2, 0.25) is 0 Å². The van der Waals surface area contributed by atoms with E-state index in [0.717, 1.165) is 32.7 Å². The van der Waals surface area contributed by atoms with Crippen molar-refractivity contribution in [3.8, 4) is 0 Å². The second kappa shape index (κ2) is 8.67. The van der Waals surface area contributed by atoms with Gasteiger partial charge in [0.1, 0.15) is 0 Å². The lowest BCUT2D eigenvalue weighted by atomic mass is 9.88. The second-order valence-corrected chi connectivity index (χ2v) is 6.28. The molecule has 4 nitrogen and oxygen atoms in total. The molecule has 1 saturated heterocycles. The van der Waals surface area contributed by atoms with Gasteiger partial charge in [-0.05, 0) is 29.7 Å². The summed E-state index contributed by atoms with van der Waals surface area (Å²) in [6.45, 7) is 5.34. The van der Waals surface area contributed by atoms with Crippen molar-refractivity contribution in [3.63, 3.8) is 0 Å². The van der Waals surface area contributed by atoms with Gasteiger partial charge in [0.05, 0.1) is 19.8 Å². The Balaban J connectivity index is 1.76. The second-order valence-electron chi connectivity index (χ2n) is 6.28. The van der Waals surface area contributed by atoms with E-state index in [9.17, 15) is 4.79 Å². The molecular formula is C21H25NO3. The molecule has 1 aliphatic rings. The summed E-state index contributed by atoms with van der Waals surface area (Å²) < 4.78 is 10.6. The highest BCUT2D eigenvalue weighted by molar-refractivity contribution is 5.65. The molecule has 132 valence electrons. The molecule has 2 aromatic carbocycles. The van der Waals surface area contributed by atoms with Gasteiger partial charge in [-0.2, -0.15) is 0 Å². The van der Waals surface area contributed by atoms with Crippen molar-refractivity contribution < 1.29 is 14.3 Å². The van der Waals surface area contributed by atoms with Gasteiger partial charge in [-0.25, -0.2) is 0 Å². The molecule has 1 fully saturated rings. The van der Waals surface area contributed by atoms with Crippen LogP contribution in [0.2, 0.25) is 0 Å². The van der Waals surface area contributed by atoms with Crippen molar-refractivity contribution in [2.24, 2.45) is 0 Å². The Morgan fingerprint density at radius 1 is 1.04 bits per heavy atom. The maximum Gasteiger partial charge on any atom is 0.302 e. The van der Waals surface area contributed by atoms with Crippen LogP contribution in [0.25, 0.3) is 0 Å². The average molecular weight is 339 g/mol. The van der Waals surface area contributed by atoms with Crippen molar-refractivity contribution in [1.29, 1.82) is 0 Å². The quantitative estimate of drug-likeness (QED) is 0.754. The van der Waals surface area contributed by atoms with E-state index in [1.54, 1.807) is 0 Å². The third kappa shape index (κ3) is 4.83. The maximum atomic E-state index is 11.1. The van der Waals surface area contributed by atoms with Gasteiger partial charge in [-0.15, -0.1) is 0 Å². The smallest absolute Gasteiger partial charge is 0.302 e. The molecule has 1 unspecified atom stereocenters. The van der Waals surface area contributed by atoms with E-state index in [1.165, 1.54) is 23.7 Å². The molecule has 25 heavy (non-hydrogen) atoms. The predicted octanol–water partition coefficient (Wildman–Crippen LogP) is 3.61. The van der Waals surface area contributed by atoms with E-state index >= 15 is 0 Å². The van der Waals surface area contributed by atoms with Gasteiger partial charge < -0.3 is 14.4 Å². The number of rotatable bonds is 6. The van der Waals surface area contributed by atoms with Crippen LogP contribution in [0.5, 0.6) is 0 Å². The molecule has 0 aliphatic carbocycles. The summed E-state index contributed by atoms with van der Waals surface area (Å²) in [5.41, 5.74) is 3.72. The van der Waals surface area contributed by atoms with Gasteiger partial charge in [0.15, 0.2) is 0 Å². The Kier molecular flexibility index (Phi) is 6.07. The minimum atomic E-state index is -0.227. The number of hydrogen-bond acceptors (Lipinski definition) is 4. The molecule has 0 saturated carbocycles. The van der Waals surface area contributed by atoms with E-state index in [4.69, 9.17) is 9.47 Å². The van der Waals surface area contributed by atoms with Crippen LogP contribution in [0, 0.1) is 0 Å². The minimum absolute atomic E-state index is 0.222. The molecule has 4 heteroatoms. The fourth-order valence-electron chi connectivity index (χ4n) is 3.27. The average Bonchev–Trinajstić information content (AvgIpc) is 2.67. The van der Waals surface area contributed by atoms with Crippen LogP contribution in [0.3, 0.4) is 0 Å². The summed E-state index contributed by atoms with van der Waals surface area (Å²) in [5.74, 6) is -0.00577. The van der Waals surface area contributed by atoms with E-state index < -0.39 is 0 Å². The molecule has 0 spiro atoms. The minimum Gasteiger partial charge on any atom is -0.466 e. The Bertz CT molecular complexity index is 663. The van der Waals surface area contributed by atoms with E-state index in [2.05, 4.69) is 53.4 Å². The first-order valence-corrected chi connectivity index (χ1v) is 8.85. The number of morpholine rings is 1. The molecular weight excluding hydrogens is 314 g/mol. The molecule has 1 atom stereocenters. The van der Waals surface area contributed by atoms with Crippen LogP contribution < -0.4 is 4.90 Å². The largest absolute Gasteiger partial charge is 0.466 e. The first-order chi connectivity index (χ1) is 12.2. The predicted molar refractivity (Wildman–Crippen MR) is 99.0 cm³/mol. The zero-order valence-corrected chi connectivity index (χ0v) is 14.7. The Morgan fingerprint density at radius 2 is 1.68 bits per heavy atom. The van der Waals surface area contributed by atoms with Gasteiger partial charge >= 0.3 is 5.97 Å². The van der Waals surface area contributed by atoms with E-state index in [0.29, 0.717) is 6.61 Å². The third-order valence-electron chi connectivity index (χ3n) is 4.59. The summed E-state index contributed by atoms with van der Waals surface area (Å²) in [4.78, 5) is 13.4. The zero-order chi connectivity index (χ0) is 17.5. The Morgan fingerprint density at radius 3 is 2.32 bits per heavy atom. The number of nitrogens with zero attached hydrogens (tertiary/aromatic N) is 1. The Hall–Kier alpha value is -2.33. The lowest BCUT2D eigenvalue weighted by molar-refractivity contribution is -0.141. The number of carbonyl (C=O) groups excluding carboxylic acids is 1. The molecule has 0 aromatic heterocycles. The lowest BCUT2D eigenvalue weighted by Crippen LogP contribution is -2.36. The summed E-state index contributed by atoms with van der Waals surface area (Å²) in [6.07, 6.45) is 0.778. The molecule has 0 radical (unpaired) electrons. The van der Waals surface area contributed by atoms with E-state index in [1.807, 2.05) is 6.07 Å². The van der Waals surface area contributed by atoms with Crippen molar-refractivity contribution >= 4 is 11.7 Å². The Labute approximate surface area is 149 Å². The summed E-state index contributed by atoms with van der Waals surface area (Å²) in [5, 5.41) is 0. The standard InChI is InChI=1S/C21H25NO3/c1-17(23)25-14-11-21(18-5-3-2-4-6-18)19-7-9-20(10-8-19)22-12-15-24-16-13-22/h2-10,21H,11-16H2,1H3. The number of ether oxygens (including phenoxy) is 2. The van der Waals surface area contributed by atoms with Gasteiger partial charge in [0.25, 0.3) is 0 Å². The SMILES string of the molecule is CC(=O)OCCC(c1ccccc1)c1ccc(N2CCOCC2)cc1. The molecule has 3 rings (SSSR count). The topological polar surface area (TPSA) is 38.8 Å².